The standard InChI is InChI=1S/C25H26FN5O2/c1-30-15-18(14-28-30)19-12-16(8-9-20(19)26)11-17-13-23(31-22(17)6-4-10-27-31)25(33)29-21-5-2-3-7-24(21)32/h4,6,8-10,12-15,21,24,32H,2-3,5,7,11H2,1H3,(H,29,33)/t21-,24-/m0/s1. The minimum Gasteiger partial charge on any atom is -0.391 e. The molecule has 1 aliphatic rings. The van der Waals surface area contributed by atoms with Gasteiger partial charge in [0.15, 0.2) is 0 Å². The molecule has 3 aromatic heterocycles. The number of carbonyl (C=O) groups is 1. The summed E-state index contributed by atoms with van der Waals surface area (Å²) in [4.78, 5) is 13.1. The number of nitrogens with one attached hydrogen (secondary N) is 1. The SMILES string of the molecule is Cn1cc(-c2cc(Cc3cc(C(=O)N[C@H]4CCCC[C@@H]4O)n4ncccc34)ccc2F)cn1. The highest BCUT2D eigenvalue weighted by molar-refractivity contribution is 5.94. The van der Waals surface area contributed by atoms with Gasteiger partial charge in [-0.05, 0) is 60.7 Å². The number of halogens is 1. The maximum absolute atomic E-state index is 14.5. The Morgan fingerprint density at radius 1 is 1.21 bits per heavy atom. The summed E-state index contributed by atoms with van der Waals surface area (Å²) in [6.07, 6.45) is 8.49. The molecule has 33 heavy (non-hydrogen) atoms. The second-order valence-electron chi connectivity index (χ2n) is 8.70. The Hall–Kier alpha value is -3.52. The van der Waals surface area contributed by atoms with Crippen molar-refractivity contribution in [1.29, 1.82) is 0 Å². The van der Waals surface area contributed by atoms with Gasteiger partial charge in [0.05, 0.1) is 23.9 Å². The summed E-state index contributed by atoms with van der Waals surface area (Å²) in [5, 5.41) is 21.8. The van der Waals surface area contributed by atoms with E-state index >= 15 is 0 Å². The zero-order valence-electron chi connectivity index (χ0n) is 18.4. The Kier molecular flexibility index (Phi) is 5.68. The monoisotopic (exact) mass is 447 g/mol. The van der Waals surface area contributed by atoms with E-state index in [2.05, 4.69) is 15.5 Å². The first-order valence-electron chi connectivity index (χ1n) is 11.2. The minimum absolute atomic E-state index is 0.247. The first kappa shape index (κ1) is 21.3. The quantitative estimate of drug-likeness (QED) is 0.491. The molecule has 0 aliphatic heterocycles. The highest BCUT2D eigenvalue weighted by atomic mass is 19.1. The third-order valence-electron chi connectivity index (χ3n) is 6.34. The zero-order valence-corrected chi connectivity index (χ0v) is 18.4. The van der Waals surface area contributed by atoms with Gasteiger partial charge in [-0.2, -0.15) is 10.2 Å². The third-order valence-corrected chi connectivity index (χ3v) is 6.34. The van der Waals surface area contributed by atoms with E-state index in [0.29, 0.717) is 29.7 Å². The second kappa shape index (κ2) is 8.78. The maximum Gasteiger partial charge on any atom is 0.270 e. The van der Waals surface area contributed by atoms with Gasteiger partial charge in [-0.25, -0.2) is 8.91 Å². The third kappa shape index (κ3) is 4.26. The first-order chi connectivity index (χ1) is 16.0. The molecule has 7 nitrogen and oxygen atoms in total. The van der Waals surface area contributed by atoms with Gasteiger partial charge >= 0.3 is 0 Å². The van der Waals surface area contributed by atoms with Crippen LogP contribution in [0.3, 0.4) is 0 Å². The Labute approximate surface area is 190 Å². The molecule has 1 fully saturated rings. The molecular formula is C25H26FN5O2. The van der Waals surface area contributed by atoms with Crippen molar-refractivity contribution in [3.63, 3.8) is 0 Å². The second-order valence-corrected chi connectivity index (χ2v) is 8.70. The van der Waals surface area contributed by atoms with Crippen molar-refractivity contribution < 1.29 is 14.3 Å². The molecule has 1 aliphatic carbocycles. The summed E-state index contributed by atoms with van der Waals surface area (Å²) in [7, 11) is 1.80. The molecule has 0 spiro atoms. The molecule has 0 bridgehead atoms. The largest absolute Gasteiger partial charge is 0.391 e. The number of amides is 1. The van der Waals surface area contributed by atoms with E-state index in [0.717, 1.165) is 35.9 Å². The minimum atomic E-state index is -0.522. The van der Waals surface area contributed by atoms with Gasteiger partial charge in [-0.1, -0.05) is 18.9 Å². The van der Waals surface area contributed by atoms with Gasteiger partial charge in [-0.15, -0.1) is 0 Å². The molecule has 1 saturated carbocycles. The lowest BCUT2D eigenvalue weighted by atomic mass is 9.92. The number of benzene rings is 1. The molecule has 3 heterocycles. The number of rotatable bonds is 5. The predicted molar refractivity (Wildman–Crippen MR) is 122 cm³/mol. The fourth-order valence-corrected chi connectivity index (χ4v) is 4.62. The number of hydrogen-bond acceptors (Lipinski definition) is 4. The number of nitrogens with zero attached hydrogens (tertiary/aromatic N) is 4. The number of aryl methyl sites for hydroxylation is 1. The topological polar surface area (TPSA) is 84.5 Å². The summed E-state index contributed by atoms with van der Waals surface area (Å²) in [5.41, 5.74) is 4.28. The molecule has 2 N–H and O–H groups in total. The van der Waals surface area contributed by atoms with Gasteiger partial charge in [-0.3, -0.25) is 9.48 Å². The molecular weight excluding hydrogens is 421 g/mol. The molecule has 0 radical (unpaired) electrons. The van der Waals surface area contributed by atoms with E-state index in [1.165, 1.54) is 6.07 Å². The average Bonchev–Trinajstić information content (AvgIpc) is 3.40. The van der Waals surface area contributed by atoms with Gasteiger partial charge < -0.3 is 10.4 Å². The van der Waals surface area contributed by atoms with Crippen molar-refractivity contribution >= 4 is 11.4 Å². The normalized spacial score (nSPS) is 18.5. The Balaban J connectivity index is 1.45. The summed E-state index contributed by atoms with van der Waals surface area (Å²) in [5.74, 6) is -0.558. The summed E-state index contributed by atoms with van der Waals surface area (Å²) < 4.78 is 17.8. The molecule has 4 aromatic rings. The maximum atomic E-state index is 14.5. The van der Waals surface area contributed by atoms with Crippen LogP contribution in [0.1, 0.15) is 47.3 Å². The number of aromatic nitrogens is 4. The van der Waals surface area contributed by atoms with Crippen LogP contribution in [0.2, 0.25) is 0 Å². The zero-order chi connectivity index (χ0) is 22.9. The van der Waals surface area contributed by atoms with Crippen molar-refractivity contribution in [2.24, 2.45) is 7.05 Å². The number of carbonyl (C=O) groups excluding carboxylic acids is 1. The van der Waals surface area contributed by atoms with Gasteiger partial charge in [0, 0.05) is 30.6 Å². The Bertz CT molecular complexity index is 1310. The van der Waals surface area contributed by atoms with E-state index in [-0.39, 0.29) is 17.8 Å². The van der Waals surface area contributed by atoms with E-state index < -0.39 is 6.10 Å². The van der Waals surface area contributed by atoms with Crippen LogP contribution in [0.5, 0.6) is 0 Å². The summed E-state index contributed by atoms with van der Waals surface area (Å²) in [6, 6.07) is 10.4. The molecule has 0 saturated heterocycles. The van der Waals surface area contributed by atoms with Crippen molar-refractivity contribution in [3.05, 3.63) is 77.6 Å². The molecule has 8 heteroatoms. The highest BCUT2D eigenvalue weighted by Crippen LogP contribution is 2.27. The molecule has 0 unspecified atom stereocenters. The molecule has 170 valence electrons. The lowest BCUT2D eigenvalue weighted by Crippen LogP contribution is -2.45. The van der Waals surface area contributed by atoms with Crippen LogP contribution >= 0.6 is 0 Å². The van der Waals surface area contributed by atoms with Gasteiger partial charge in [0.25, 0.3) is 5.91 Å². The van der Waals surface area contributed by atoms with Crippen LogP contribution in [0.25, 0.3) is 16.6 Å². The van der Waals surface area contributed by atoms with Crippen LogP contribution in [-0.4, -0.2) is 42.6 Å². The molecule has 1 amide bonds. The van der Waals surface area contributed by atoms with Crippen molar-refractivity contribution in [1.82, 2.24) is 24.7 Å². The highest BCUT2D eigenvalue weighted by Gasteiger charge is 2.26. The lowest BCUT2D eigenvalue weighted by molar-refractivity contribution is 0.0712. The van der Waals surface area contributed by atoms with Crippen LogP contribution in [0.15, 0.2) is 55.0 Å². The van der Waals surface area contributed by atoms with Gasteiger partial charge in [0.1, 0.15) is 11.5 Å². The average molecular weight is 448 g/mol. The first-order valence-corrected chi connectivity index (χ1v) is 11.2. The van der Waals surface area contributed by atoms with Crippen LogP contribution in [-0.2, 0) is 13.5 Å². The van der Waals surface area contributed by atoms with E-state index in [1.54, 1.807) is 40.9 Å². The summed E-state index contributed by atoms with van der Waals surface area (Å²) in [6.45, 7) is 0. The van der Waals surface area contributed by atoms with Crippen molar-refractivity contribution in [2.75, 3.05) is 0 Å². The van der Waals surface area contributed by atoms with Crippen LogP contribution < -0.4 is 5.32 Å². The fourth-order valence-electron chi connectivity index (χ4n) is 4.62. The van der Waals surface area contributed by atoms with Crippen LogP contribution in [0.4, 0.5) is 4.39 Å². The molecule has 1 aromatic carbocycles. The number of hydrogen-bond donors (Lipinski definition) is 2. The molecule has 5 rings (SSSR count). The number of fused-ring (bicyclic) bond motifs is 1. The Morgan fingerprint density at radius 3 is 2.85 bits per heavy atom. The smallest absolute Gasteiger partial charge is 0.270 e. The lowest BCUT2D eigenvalue weighted by Gasteiger charge is -2.28. The van der Waals surface area contributed by atoms with E-state index in [4.69, 9.17) is 0 Å². The van der Waals surface area contributed by atoms with Crippen LogP contribution in [0, 0.1) is 5.82 Å². The van der Waals surface area contributed by atoms with Gasteiger partial charge in [0.2, 0.25) is 0 Å². The van der Waals surface area contributed by atoms with Crippen molar-refractivity contribution in [2.45, 2.75) is 44.2 Å². The van der Waals surface area contributed by atoms with E-state index in [9.17, 15) is 14.3 Å². The van der Waals surface area contributed by atoms with E-state index in [1.807, 2.05) is 24.3 Å². The van der Waals surface area contributed by atoms with Crippen molar-refractivity contribution in [3.8, 4) is 11.1 Å². The summed E-state index contributed by atoms with van der Waals surface area (Å²) >= 11 is 0. The number of aliphatic hydroxyl groups is 1. The number of aliphatic hydroxyl groups excluding tert-OH is 1. The Morgan fingerprint density at radius 2 is 2.06 bits per heavy atom. The fraction of sp³-hybridized carbons (Fsp3) is 0.320. The predicted octanol–water partition coefficient (Wildman–Crippen LogP) is 3.50. The molecule has 2 atom stereocenters.